The molecule has 0 aliphatic carbocycles. The van der Waals surface area contributed by atoms with Gasteiger partial charge in [0.25, 0.3) is 0 Å². The van der Waals surface area contributed by atoms with Crippen molar-refractivity contribution in [2.45, 2.75) is 18.9 Å². The normalized spacial score (nSPS) is 13.5. The van der Waals surface area contributed by atoms with E-state index in [0.717, 1.165) is 0 Å². The number of aliphatic hydroxyl groups is 1. The number of rotatable bonds is 6. The molecule has 138 valence electrons. The number of aromatic nitrogens is 3. The molecule has 8 nitrogen and oxygen atoms in total. The van der Waals surface area contributed by atoms with Crippen molar-refractivity contribution in [3.63, 3.8) is 0 Å². The molecule has 27 heavy (non-hydrogen) atoms. The first kappa shape index (κ1) is 17.0. The fourth-order valence-corrected chi connectivity index (χ4v) is 2.88. The van der Waals surface area contributed by atoms with Crippen LogP contribution in [0.4, 0.5) is 0 Å². The lowest BCUT2D eigenvalue weighted by Crippen LogP contribution is -2.13. The van der Waals surface area contributed by atoms with Crippen molar-refractivity contribution in [1.82, 2.24) is 14.8 Å². The maximum atomic E-state index is 11.2. The highest BCUT2D eigenvalue weighted by Gasteiger charge is 2.21. The van der Waals surface area contributed by atoms with Gasteiger partial charge in [-0.05, 0) is 17.7 Å². The largest absolute Gasteiger partial charge is 0.454 e. The molecule has 3 aromatic rings. The van der Waals surface area contributed by atoms with Gasteiger partial charge in [0.05, 0.1) is 5.69 Å². The van der Waals surface area contributed by atoms with Crippen LogP contribution < -0.4 is 15.2 Å². The number of carbonyl (C=O) groups excluding carboxylic acids is 1. The molecule has 2 aromatic carbocycles. The van der Waals surface area contributed by atoms with Crippen molar-refractivity contribution < 1.29 is 19.4 Å². The highest BCUT2D eigenvalue weighted by atomic mass is 16.7. The predicted octanol–water partition coefficient (Wildman–Crippen LogP) is 1.50. The standard InChI is InChI=1S/C19H18N4O4/c20-16(24)8-9-17-21-19(18(25)12-4-2-1-3-5-12)22-23(17)13-6-7-14-15(10-13)27-11-26-14/h1-7,10,18,25H,8-9,11H2,(H2,20,24). The Morgan fingerprint density at radius 3 is 2.74 bits per heavy atom. The van der Waals surface area contributed by atoms with E-state index >= 15 is 0 Å². The highest BCUT2D eigenvalue weighted by molar-refractivity contribution is 5.73. The summed E-state index contributed by atoms with van der Waals surface area (Å²) < 4.78 is 12.3. The van der Waals surface area contributed by atoms with Crippen molar-refractivity contribution in [3.8, 4) is 17.2 Å². The van der Waals surface area contributed by atoms with Crippen LogP contribution in [0, 0.1) is 0 Å². The zero-order valence-corrected chi connectivity index (χ0v) is 14.4. The summed E-state index contributed by atoms with van der Waals surface area (Å²) in [6, 6.07) is 14.5. The molecule has 8 heteroatoms. The Morgan fingerprint density at radius 1 is 1.19 bits per heavy atom. The Morgan fingerprint density at radius 2 is 1.96 bits per heavy atom. The number of fused-ring (bicyclic) bond motifs is 1. The molecule has 1 unspecified atom stereocenters. The van der Waals surface area contributed by atoms with Gasteiger partial charge in [-0.15, -0.1) is 5.10 Å². The SMILES string of the molecule is NC(=O)CCc1nc(C(O)c2ccccc2)nn1-c1ccc2c(c1)OCO2. The van der Waals surface area contributed by atoms with Crippen molar-refractivity contribution in [2.24, 2.45) is 5.73 Å². The smallest absolute Gasteiger partial charge is 0.231 e. The molecule has 1 amide bonds. The van der Waals surface area contributed by atoms with Gasteiger partial charge in [0.2, 0.25) is 12.7 Å². The number of nitrogens with two attached hydrogens (primary N) is 1. The summed E-state index contributed by atoms with van der Waals surface area (Å²) in [5.41, 5.74) is 6.65. The number of hydrogen-bond donors (Lipinski definition) is 2. The molecule has 2 heterocycles. The van der Waals surface area contributed by atoms with Crippen LogP contribution >= 0.6 is 0 Å². The number of carbonyl (C=O) groups is 1. The van der Waals surface area contributed by atoms with Crippen LogP contribution in [-0.4, -0.2) is 32.6 Å². The predicted molar refractivity (Wildman–Crippen MR) is 95.5 cm³/mol. The van der Waals surface area contributed by atoms with Gasteiger partial charge in [0, 0.05) is 18.9 Å². The minimum Gasteiger partial charge on any atom is -0.454 e. The molecule has 1 aliphatic heterocycles. The third kappa shape index (κ3) is 3.47. The third-order valence-electron chi connectivity index (χ3n) is 4.25. The topological polar surface area (TPSA) is 112 Å². The van der Waals surface area contributed by atoms with Crippen LogP contribution in [0.25, 0.3) is 5.69 Å². The van der Waals surface area contributed by atoms with Gasteiger partial charge in [0.1, 0.15) is 11.9 Å². The molecule has 0 fully saturated rings. The minimum absolute atomic E-state index is 0.129. The van der Waals surface area contributed by atoms with Crippen LogP contribution in [-0.2, 0) is 11.2 Å². The average molecular weight is 366 g/mol. The number of primary amides is 1. The second kappa shape index (κ2) is 7.08. The van der Waals surface area contributed by atoms with Gasteiger partial charge in [-0.2, -0.15) is 0 Å². The van der Waals surface area contributed by atoms with E-state index in [-0.39, 0.29) is 19.0 Å². The fraction of sp³-hybridized carbons (Fsp3) is 0.211. The maximum Gasteiger partial charge on any atom is 0.231 e. The zero-order valence-electron chi connectivity index (χ0n) is 14.4. The fourth-order valence-electron chi connectivity index (χ4n) is 2.88. The lowest BCUT2D eigenvalue weighted by atomic mass is 10.1. The first-order chi connectivity index (χ1) is 13.1. The van der Waals surface area contributed by atoms with Gasteiger partial charge < -0.3 is 20.3 Å². The quantitative estimate of drug-likeness (QED) is 0.684. The Hall–Kier alpha value is -3.39. The van der Waals surface area contributed by atoms with E-state index < -0.39 is 12.0 Å². The van der Waals surface area contributed by atoms with Crippen molar-refractivity contribution in [3.05, 3.63) is 65.7 Å². The van der Waals surface area contributed by atoms with Gasteiger partial charge in [0.15, 0.2) is 17.3 Å². The summed E-state index contributed by atoms with van der Waals surface area (Å²) in [6.07, 6.45) is -0.545. The van der Waals surface area contributed by atoms with Crippen molar-refractivity contribution >= 4 is 5.91 Å². The molecule has 0 radical (unpaired) electrons. The number of benzene rings is 2. The third-order valence-corrected chi connectivity index (χ3v) is 4.25. The van der Waals surface area contributed by atoms with E-state index in [4.69, 9.17) is 15.2 Å². The van der Waals surface area contributed by atoms with Crippen molar-refractivity contribution in [2.75, 3.05) is 6.79 Å². The van der Waals surface area contributed by atoms with Gasteiger partial charge in [-0.25, -0.2) is 9.67 Å². The summed E-state index contributed by atoms with van der Waals surface area (Å²) in [7, 11) is 0. The Kier molecular flexibility index (Phi) is 4.47. The number of aryl methyl sites for hydroxylation is 1. The monoisotopic (exact) mass is 366 g/mol. The molecule has 1 atom stereocenters. The van der Waals surface area contributed by atoms with Crippen LogP contribution in [0.15, 0.2) is 48.5 Å². The first-order valence-corrected chi connectivity index (χ1v) is 8.49. The second-order valence-electron chi connectivity index (χ2n) is 6.12. The molecule has 3 N–H and O–H groups in total. The molecule has 0 saturated heterocycles. The number of amides is 1. The van der Waals surface area contributed by atoms with E-state index in [2.05, 4.69) is 10.1 Å². The Bertz CT molecular complexity index is 971. The van der Waals surface area contributed by atoms with Crippen molar-refractivity contribution in [1.29, 1.82) is 0 Å². The molecule has 1 aromatic heterocycles. The van der Waals surface area contributed by atoms with E-state index in [1.54, 1.807) is 28.9 Å². The van der Waals surface area contributed by atoms with Crippen LogP contribution in [0.1, 0.15) is 29.7 Å². The molecule has 0 bridgehead atoms. The van der Waals surface area contributed by atoms with Crippen LogP contribution in [0.3, 0.4) is 0 Å². The van der Waals surface area contributed by atoms with E-state index in [0.29, 0.717) is 35.0 Å². The van der Waals surface area contributed by atoms with Gasteiger partial charge in [-0.3, -0.25) is 4.79 Å². The summed E-state index contributed by atoms with van der Waals surface area (Å²) >= 11 is 0. The molecule has 0 spiro atoms. The lowest BCUT2D eigenvalue weighted by Gasteiger charge is -2.07. The van der Waals surface area contributed by atoms with Crippen LogP contribution in [0.5, 0.6) is 11.5 Å². The molecular weight excluding hydrogens is 348 g/mol. The van der Waals surface area contributed by atoms with Gasteiger partial charge in [-0.1, -0.05) is 30.3 Å². The number of ether oxygens (including phenoxy) is 2. The zero-order chi connectivity index (χ0) is 18.8. The Labute approximate surface area is 155 Å². The minimum atomic E-state index is -0.978. The molecule has 4 rings (SSSR count). The molecule has 1 aliphatic rings. The Balaban J connectivity index is 1.72. The number of aliphatic hydroxyl groups excluding tert-OH is 1. The summed E-state index contributed by atoms with van der Waals surface area (Å²) in [6.45, 7) is 0.169. The van der Waals surface area contributed by atoms with E-state index in [1.807, 2.05) is 24.3 Å². The summed E-state index contributed by atoms with van der Waals surface area (Å²) in [5, 5.41) is 15.1. The molecular formula is C19H18N4O4. The second-order valence-corrected chi connectivity index (χ2v) is 6.12. The maximum absolute atomic E-state index is 11.2. The number of hydrogen-bond acceptors (Lipinski definition) is 6. The summed E-state index contributed by atoms with van der Waals surface area (Å²) in [5.74, 6) is 1.60. The highest BCUT2D eigenvalue weighted by Crippen LogP contribution is 2.34. The number of nitrogens with zero attached hydrogens (tertiary/aromatic N) is 3. The van der Waals surface area contributed by atoms with E-state index in [1.165, 1.54) is 0 Å². The van der Waals surface area contributed by atoms with Crippen LogP contribution in [0.2, 0.25) is 0 Å². The van der Waals surface area contributed by atoms with E-state index in [9.17, 15) is 9.90 Å². The van der Waals surface area contributed by atoms with Gasteiger partial charge >= 0.3 is 0 Å². The summed E-state index contributed by atoms with van der Waals surface area (Å²) in [4.78, 5) is 15.7. The first-order valence-electron chi connectivity index (χ1n) is 8.49. The average Bonchev–Trinajstić information content (AvgIpc) is 3.32. The molecule has 0 saturated carbocycles. The lowest BCUT2D eigenvalue weighted by molar-refractivity contribution is -0.118.